The highest BCUT2D eigenvalue weighted by atomic mass is 19.2. The van der Waals surface area contributed by atoms with Crippen molar-refractivity contribution in [3.05, 3.63) is 59.7 Å². The second kappa shape index (κ2) is 5.55. The van der Waals surface area contributed by atoms with Gasteiger partial charge in [-0.2, -0.15) is 4.39 Å². The Hall–Kier alpha value is -2.37. The highest BCUT2D eigenvalue weighted by molar-refractivity contribution is 5.94. The van der Waals surface area contributed by atoms with Gasteiger partial charge in [0.1, 0.15) is 0 Å². The maximum Gasteiger partial charge on any atom is 0.257 e. The van der Waals surface area contributed by atoms with E-state index in [1.165, 1.54) is 6.07 Å². The molecule has 1 aliphatic rings. The van der Waals surface area contributed by atoms with Crippen LogP contribution in [-0.2, 0) is 0 Å². The largest absolute Gasteiger partial charge is 0.332 e. The summed E-state index contributed by atoms with van der Waals surface area (Å²) >= 11 is 0. The van der Waals surface area contributed by atoms with Gasteiger partial charge in [-0.25, -0.2) is 9.37 Å². The van der Waals surface area contributed by atoms with Crippen molar-refractivity contribution in [1.29, 1.82) is 0 Å². The first-order valence-corrected chi connectivity index (χ1v) is 6.69. The van der Waals surface area contributed by atoms with Gasteiger partial charge in [-0.3, -0.25) is 9.78 Å². The lowest BCUT2D eigenvalue weighted by Crippen LogP contribution is -2.31. The third-order valence-electron chi connectivity index (χ3n) is 3.68. The number of carbonyl (C=O) groups is 1. The number of carbonyl (C=O) groups excluding carboxylic acids is 1. The summed E-state index contributed by atoms with van der Waals surface area (Å²) in [5.41, 5.74) is 0.675. The molecule has 1 aliphatic heterocycles. The molecule has 108 valence electrons. The van der Waals surface area contributed by atoms with Crippen molar-refractivity contribution in [3.8, 4) is 0 Å². The topological polar surface area (TPSA) is 46.1 Å². The van der Waals surface area contributed by atoms with Gasteiger partial charge in [0.15, 0.2) is 5.82 Å². The zero-order valence-corrected chi connectivity index (χ0v) is 11.2. The lowest BCUT2D eigenvalue weighted by atomic mass is 10.1. The average Bonchev–Trinajstić information content (AvgIpc) is 3.00. The van der Waals surface area contributed by atoms with Crippen LogP contribution in [-0.4, -0.2) is 27.3 Å². The van der Waals surface area contributed by atoms with Crippen LogP contribution in [0, 0.1) is 11.8 Å². The van der Waals surface area contributed by atoms with Crippen LogP contribution in [0.1, 0.15) is 34.8 Å². The SMILES string of the molecule is O=C(c1ccnc(F)c1F)N1CCCC1c1ccncc1. The molecule has 1 fully saturated rings. The summed E-state index contributed by atoms with van der Waals surface area (Å²) in [6.45, 7) is 0.523. The Bertz CT molecular complexity index is 663. The van der Waals surface area contributed by atoms with Gasteiger partial charge in [0.05, 0.1) is 11.6 Å². The van der Waals surface area contributed by atoms with Crippen LogP contribution in [0.2, 0.25) is 0 Å². The van der Waals surface area contributed by atoms with E-state index in [4.69, 9.17) is 0 Å². The van der Waals surface area contributed by atoms with Crippen LogP contribution in [0.4, 0.5) is 8.78 Å². The summed E-state index contributed by atoms with van der Waals surface area (Å²) in [5.74, 6) is -2.95. The highest BCUT2D eigenvalue weighted by Crippen LogP contribution is 2.33. The van der Waals surface area contributed by atoms with Gasteiger partial charge in [-0.15, -0.1) is 0 Å². The number of amides is 1. The van der Waals surface area contributed by atoms with E-state index in [2.05, 4.69) is 9.97 Å². The number of hydrogen-bond acceptors (Lipinski definition) is 3. The summed E-state index contributed by atoms with van der Waals surface area (Å²) in [6, 6.07) is 4.75. The molecule has 1 atom stereocenters. The van der Waals surface area contributed by atoms with Crippen molar-refractivity contribution >= 4 is 5.91 Å². The minimum atomic E-state index is -1.25. The molecular weight excluding hydrogens is 276 g/mol. The number of hydrogen-bond donors (Lipinski definition) is 0. The maximum absolute atomic E-state index is 13.7. The van der Waals surface area contributed by atoms with Crippen molar-refractivity contribution in [2.75, 3.05) is 6.54 Å². The van der Waals surface area contributed by atoms with E-state index in [9.17, 15) is 13.6 Å². The van der Waals surface area contributed by atoms with E-state index < -0.39 is 17.7 Å². The molecule has 6 heteroatoms. The molecule has 1 saturated heterocycles. The Labute approximate surface area is 120 Å². The molecule has 0 bridgehead atoms. The fraction of sp³-hybridized carbons (Fsp3) is 0.267. The van der Waals surface area contributed by atoms with Crippen molar-refractivity contribution < 1.29 is 13.6 Å². The average molecular weight is 289 g/mol. The van der Waals surface area contributed by atoms with E-state index in [0.717, 1.165) is 24.6 Å². The molecule has 3 heterocycles. The van der Waals surface area contributed by atoms with Crippen LogP contribution >= 0.6 is 0 Å². The van der Waals surface area contributed by atoms with Gasteiger partial charge < -0.3 is 4.90 Å². The first kappa shape index (κ1) is 13.6. The minimum Gasteiger partial charge on any atom is -0.332 e. The summed E-state index contributed by atoms with van der Waals surface area (Å²) in [7, 11) is 0. The molecule has 3 rings (SSSR count). The summed E-state index contributed by atoms with van der Waals surface area (Å²) in [5, 5.41) is 0. The van der Waals surface area contributed by atoms with Crippen LogP contribution in [0.25, 0.3) is 0 Å². The predicted octanol–water partition coefficient (Wildman–Crippen LogP) is 2.73. The van der Waals surface area contributed by atoms with Crippen LogP contribution < -0.4 is 0 Å². The summed E-state index contributed by atoms with van der Waals surface area (Å²) < 4.78 is 26.9. The molecule has 4 nitrogen and oxygen atoms in total. The van der Waals surface area contributed by atoms with E-state index in [-0.39, 0.29) is 11.6 Å². The van der Waals surface area contributed by atoms with Crippen molar-refractivity contribution in [2.24, 2.45) is 0 Å². The Morgan fingerprint density at radius 1 is 1.19 bits per heavy atom. The fourth-order valence-electron chi connectivity index (χ4n) is 2.68. The monoisotopic (exact) mass is 289 g/mol. The molecule has 1 unspecified atom stereocenters. The first-order valence-electron chi connectivity index (χ1n) is 6.69. The van der Waals surface area contributed by atoms with Crippen LogP contribution in [0.15, 0.2) is 36.8 Å². The number of nitrogens with zero attached hydrogens (tertiary/aromatic N) is 3. The third-order valence-corrected chi connectivity index (χ3v) is 3.68. The zero-order valence-electron chi connectivity index (χ0n) is 11.2. The Balaban J connectivity index is 1.92. The van der Waals surface area contributed by atoms with E-state index in [1.807, 2.05) is 12.1 Å². The third kappa shape index (κ3) is 2.49. The Morgan fingerprint density at radius 2 is 1.95 bits per heavy atom. The molecule has 0 saturated carbocycles. The second-order valence-corrected chi connectivity index (χ2v) is 4.90. The van der Waals surface area contributed by atoms with Gasteiger partial charge in [0, 0.05) is 25.1 Å². The molecule has 0 aromatic carbocycles. The zero-order chi connectivity index (χ0) is 14.8. The van der Waals surface area contributed by atoms with Crippen LogP contribution in [0.3, 0.4) is 0 Å². The first-order chi connectivity index (χ1) is 10.2. The van der Waals surface area contributed by atoms with Gasteiger partial charge in [0.2, 0.25) is 5.95 Å². The summed E-state index contributed by atoms with van der Waals surface area (Å²) in [6.07, 6.45) is 6.04. The summed E-state index contributed by atoms with van der Waals surface area (Å²) in [4.78, 5) is 21.2. The molecular formula is C15H13F2N3O. The van der Waals surface area contributed by atoms with Crippen molar-refractivity contribution in [2.45, 2.75) is 18.9 Å². The fourth-order valence-corrected chi connectivity index (χ4v) is 2.68. The van der Waals surface area contributed by atoms with Gasteiger partial charge in [0.25, 0.3) is 5.91 Å². The van der Waals surface area contributed by atoms with E-state index in [1.54, 1.807) is 17.3 Å². The van der Waals surface area contributed by atoms with E-state index >= 15 is 0 Å². The molecule has 21 heavy (non-hydrogen) atoms. The van der Waals surface area contributed by atoms with Gasteiger partial charge >= 0.3 is 0 Å². The molecule has 0 radical (unpaired) electrons. The molecule has 1 amide bonds. The molecule has 2 aromatic rings. The van der Waals surface area contributed by atoms with Crippen molar-refractivity contribution in [3.63, 3.8) is 0 Å². The molecule has 0 spiro atoms. The number of likely N-dealkylation sites (tertiary alicyclic amines) is 1. The quantitative estimate of drug-likeness (QED) is 0.799. The number of aromatic nitrogens is 2. The van der Waals surface area contributed by atoms with Crippen molar-refractivity contribution in [1.82, 2.24) is 14.9 Å². The predicted molar refractivity (Wildman–Crippen MR) is 71.4 cm³/mol. The Morgan fingerprint density at radius 3 is 2.71 bits per heavy atom. The number of pyridine rings is 2. The lowest BCUT2D eigenvalue weighted by molar-refractivity contribution is 0.0729. The molecule has 2 aromatic heterocycles. The number of halogens is 2. The smallest absolute Gasteiger partial charge is 0.257 e. The standard InChI is InChI=1S/C15H13F2N3O/c16-13-11(5-8-19-14(13)17)15(21)20-9-1-2-12(20)10-3-6-18-7-4-10/h3-8,12H,1-2,9H2. The second-order valence-electron chi connectivity index (χ2n) is 4.90. The number of rotatable bonds is 2. The van der Waals surface area contributed by atoms with Gasteiger partial charge in [-0.05, 0) is 36.6 Å². The highest BCUT2D eigenvalue weighted by Gasteiger charge is 2.32. The Kier molecular flexibility index (Phi) is 3.60. The maximum atomic E-state index is 13.7. The minimum absolute atomic E-state index is 0.129. The van der Waals surface area contributed by atoms with Crippen LogP contribution in [0.5, 0.6) is 0 Å². The lowest BCUT2D eigenvalue weighted by Gasteiger charge is -2.25. The van der Waals surface area contributed by atoms with E-state index in [0.29, 0.717) is 6.54 Å². The van der Waals surface area contributed by atoms with Gasteiger partial charge in [-0.1, -0.05) is 0 Å². The molecule has 0 N–H and O–H groups in total. The normalized spacial score (nSPS) is 18.0. The molecule has 0 aliphatic carbocycles.